The van der Waals surface area contributed by atoms with E-state index in [0.717, 1.165) is 46.8 Å². The number of furan rings is 1. The molecule has 8 heteroatoms. The van der Waals surface area contributed by atoms with Gasteiger partial charge in [-0.05, 0) is 79.2 Å². The molecule has 0 spiro atoms. The number of pyridine rings is 1. The van der Waals surface area contributed by atoms with E-state index in [-0.39, 0.29) is 6.17 Å². The van der Waals surface area contributed by atoms with Gasteiger partial charge < -0.3 is 33.8 Å². The lowest BCUT2D eigenvalue weighted by molar-refractivity contribution is 0.495. The summed E-state index contributed by atoms with van der Waals surface area (Å²) in [5.41, 5.74) is 11.9. The maximum Gasteiger partial charge on any atom is 0.227 e. The van der Waals surface area contributed by atoms with Crippen molar-refractivity contribution in [2.45, 2.75) is 13.1 Å². The number of aryl methyl sites for hydroxylation is 1. The second kappa shape index (κ2) is 9.94. The van der Waals surface area contributed by atoms with Crippen molar-refractivity contribution >= 4 is 61.9 Å². The minimum absolute atomic E-state index is 0.0861. The molecule has 2 aromatic heterocycles. The van der Waals surface area contributed by atoms with Crippen molar-refractivity contribution in [3.05, 3.63) is 121 Å². The zero-order valence-electron chi connectivity index (χ0n) is 26.4. The van der Waals surface area contributed by atoms with Crippen molar-refractivity contribution in [2.75, 3.05) is 59.0 Å². The van der Waals surface area contributed by atoms with E-state index >= 15 is 0 Å². The molecule has 0 aliphatic carbocycles. The fraction of sp³-hybridized carbons (Fsp3) is 0.184. The molecule has 0 saturated heterocycles. The Kier molecular flexibility index (Phi) is 5.78. The lowest BCUT2D eigenvalue weighted by Crippen LogP contribution is -2.31. The molecule has 5 heterocycles. The zero-order valence-corrected chi connectivity index (χ0v) is 26.4. The fourth-order valence-electron chi connectivity index (χ4n) is 7.37. The Morgan fingerprint density at radius 3 is 2.24 bits per heavy atom. The summed E-state index contributed by atoms with van der Waals surface area (Å²) in [6, 6.07) is 35.1. The van der Waals surface area contributed by atoms with E-state index in [0.29, 0.717) is 5.71 Å². The van der Waals surface area contributed by atoms with Crippen LogP contribution >= 0.6 is 0 Å². The second-order valence-corrected chi connectivity index (χ2v) is 12.6. The summed E-state index contributed by atoms with van der Waals surface area (Å²) in [7, 11) is 6.44. The summed E-state index contributed by atoms with van der Waals surface area (Å²) in [6.07, 6.45) is 4.15. The van der Waals surface area contributed by atoms with Gasteiger partial charge in [0, 0.05) is 61.4 Å². The van der Waals surface area contributed by atoms with Gasteiger partial charge in [0.15, 0.2) is 5.58 Å². The lowest BCUT2D eigenvalue weighted by Gasteiger charge is -2.33. The minimum atomic E-state index is -0.0861. The summed E-state index contributed by atoms with van der Waals surface area (Å²) < 4.78 is 6.50. The third kappa shape index (κ3) is 3.96. The van der Waals surface area contributed by atoms with Crippen LogP contribution in [0.4, 0.5) is 39.8 Å². The number of hydrogen-bond donors (Lipinski definition) is 0. The van der Waals surface area contributed by atoms with E-state index < -0.39 is 0 Å². The molecule has 0 amide bonds. The molecule has 0 saturated carbocycles. The molecule has 3 aliphatic rings. The maximum absolute atomic E-state index is 6.50. The first-order valence-electron chi connectivity index (χ1n) is 15.7. The van der Waals surface area contributed by atoms with Crippen molar-refractivity contribution in [3.63, 3.8) is 0 Å². The molecule has 3 aliphatic heterocycles. The summed E-state index contributed by atoms with van der Waals surface area (Å²) in [5, 5.41) is 2.11. The molecule has 0 N–H and O–H groups in total. The van der Waals surface area contributed by atoms with Gasteiger partial charge in [-0.3, -0.25) is 0 Å². The highest BCUT2D eigenvalue weighted by atomic mass is 16.3. The summed E-state index contributed by atoms with van der Waals surface area (Å²) in [5.74, 6) is 0. The Bertz CT molecular complexity index is 2190. The van der Waals surface area contributed by atoms with Crippen LogP contribution in [0, 0.1) is 6.92 Å². The van der Waals surface area contributed by atoms with Crippen molar-refractivity contribution in [2.24, 2.45) is 0 Å². The number of para-hydroxylation sites is 4. The highest BCUT2D eigenvalue weighted by molar-refractivity contribution is 6.08. The van der Waals surface area contributed by atoms with Crippen molar-refractivity contribution in [3.8, 4) is 0 Å². The van der Waals surface area contributed by atoms with E-state index in [2.05, 4.69) is 160 Å². The zero-order chi connectivity index (χ0) is 31.1. The first-order chi connectivity index (χ1) is 22.4. The summed E-state index contributed by atoms with van der Waals surface area (Å²) in [6.45, 7) is 3.56. The van der Waals surface area contributed by atoms with Gasteiger partial charge in [-0.1, -0.05) is 30.3 Å². The Labute approximate surface area is 268 Å². The highest BCUT2D eigenvalue weighted by Gasteiger charge is 2.37. The topological polar surface area (TPSA) is 45.5 Å². The van der Waals surface area contributed by atoms with Crippen LogP contribution in [0.15, 0.2) is 114 Å². The average Bonchev–Trinajstić information content (AvgIpc) is 3.83. The van der Waals surface area contributed by atoms with E-state index in [1.54, 1.807) is 0 Å². The van der Waals surface area contributed by atoms with Crippen LogP contribution in [-0.4, -0.2) is 44.4 Å². The molecule has 9 rings (SSSR count). The monoisotopic (exact) mass is 605 g/mol. The molecule has 6 aromatic rings. The van der Waals surface area contributed by atoms with Crippen LogP contribution in [0.25, 0.3) is 22.1 Å². The highest BCUT2D eigenvalue weighted by Crippen LogP contribution is 2.52. The number of rotatable bonds is 4. The Morgan fingerprint density at radius 1 is 0.674 bits per heavy atom. The van der Waals surface area contributed by atoms with Crippen LogP contribution in [0.2, 0.25) is 0 Å². The lowest BCUT2D eigenvalue weighted by atomic mass is 10.0. The van der Waals surface area contributed by atoms with Gasteiger partial charge in [0.25, 0.3) is 0 Å². The number of aromatic nitrogens is 1. The summed E-state index contributed by atoms with van der Waals surface area (Å²) in [4.78, 5) is 18.8. The van der Waals surface area contributed by atoms with Crippen LogP contribution in [0.1, 0.15) is 17.4 Å². The second-order valence-electron chi connectivity index (χ2n) is 12.6. The van der Waals surface area contributed by atoms with E-state index in [1.165, 1.54) is 34.0 Å². The smallest absolute Gasteiger partial charge is 0.227 e. The van der Waals surface area contributed by atoms with Gasteiger partial charge in [0.2, 0.25) is 5.71 Å². The molecular formula is C38H35N7O. The predicted octanol–water partition coefficient (Wildman–Crippen LogP) is 8.30. The van der Waals surface area contributed by atoms with E-state index in [4.69, 9.17) is 9.40 Å². The quantitative estimate of drug-likeness (QED) is 0.199. The molecule has 228 valence electrons. The van der Waals surface area contributed by atoms with Gasteiger partial charge in [0.05, 0.1) is 41.8 Å². The van der Waals surface area contributed by atoms with Gasteiger partial charge in [-0.25, -0.2) is 4.98 Å². The molecule has 0 fully saturated rings. The Morgan fingerprint density at radius 2 is 1.43 bits per heavy atom. The maximum atomic E-state index is 6.50. The Balaban J connectivity index is 1.22. The van der Waals surface area contributed by atoms with Crippen molar-refractivity contribution in [1.29, 1.82) is 0 Å². The van der Waals surface area contributed by atoms with Gasteiger partial charge in [0.1, 0.15) is 6.17 Å². The predicted molar refractivity (Wildman–Crippen MR) is 189 cm³/mol. The largest absolute Gasteiger partial charge is 0.435 e. The van der Waals surface area contributed by atoms with Crippen LogP contribution in [0.5, 0.6) is 0 Å². The molecule has 1 unspecified atom stereocenters. The Hall–Kier alpha value is -5.63. The van der Waals surface area contributed by atoms with Crippen LogP contribution in [0.3, 0.4) is 0 Å². The molecule has 8 nitrogen and oxygen atoms in total. The number of nitrogens with zero attached hydrogens (tertiary/aromatic N) is 7. The van der Waals surface area contributed by atoms with Gasteiger partial charge in [-0.15, -0.1) is 0 Å². The molecule has 46 heavy (non-hydrogen) atoms. The van der Waals surface area contributed by atoms with Gasteiger partial charge >= 0.3 is 0 Å². The molecule has 1 atom stereocenters. The summed E-state index contributed by atoms with van der Waals surface area (Å²) >= 11 is 0. The number of benzene rings is 4. The normalized spacial score (nSPS) is 17.3. The number of fused-ring (bicyclic) bond motifs is 5. The average molecular weight is 606 g/mol. The number of anilines is 7. The minimum Gasteiger partial charge on any atom is -0.435 e. The van der Waals surface area contributed by atoms with E-state index in [9.17, 15) is 0 Å². The fourth-order valence-corrected chi connectivity index (χ4v) is 7.37. The molecular weight excluding hydrogens is 570 g/mol. The molecule has 4 aromatic carbocycles. The van der Waals surface area contributed by atoms with Crippen molar-refractivity contribution < 1.29 is 4.42 Å². The SMILES string of the molecule is Cc1ccc2c(n1)oc1c(N3C=CN(C)C3)cc(C3N(C)c4ccccc4N3c3cccc(N4CN(C)c5ccccc54)c3)cc12. The third-order valence-electron chi connectivity index (χ3n) is 9.55. The van der Waals surface area contributed by atoms with Crippen LogP contribution < -0.4 is 24.5 Å². The van der Waals surface area contributed by atoms with E-state index in [1.807, 2.05) is 6.92 Å². The molecule has 0 radical (unpaired) electrons. The molecule has 0 bridgehead atoms. The first-order valence-corrected chi connectivity index (χ1v) is 15.7. The number of hydrogen-bond acceptors (Lipinski definition) is 8. The third-order valence-corrected chi connectivity index (χ3v) is 9.55. The first kappa shape index (κ1) is 26.7. The van der Waals surface area contributed by atoms with Crippen molar-refractivity contribution in [1.82, 2.24) is 9.88 Å². The standard InChI is InChI=1S/C38H35N7O/c1-25-16-17-29-30-20-26(21-35(36(30)46-37(29)39-25)43-19-18-40(2)23-43)38-42(4)32-13-6-8-15-34(32)45(38)28-11-9-10-27(22-28)44-24-41(3)31-12-5-7-14-33(31)44/h5-22,38H,23-24H2,1-4H3. The van der Waals surface area contributed by atoms with Crippen LogP contribution in [-0.2, 0) is 0 Å². The van der Waals surface area contributed by atoms with Gasteiger partial charge in [-0.2, -0.15) is 0 Å².